The lowest BCUT2D eigenvalue weighted by Gasteiger charge is -2.06. The van der Waals surface area contributed by atoms with Crippen molar-refractivity contribution in [3.63, 3.8) is 0 Å². The van der Waals surface area contributed by atoms with Crippen LogP contribution in [0.4, 0.5) is 5.69 Å². The number of amides is 3. The van der Waals surface area contributed by atoms with Crippen LogP contribution in [-0.2, 0) is 9.59 Å². The second-order valence-corrected chi connectivity index (χ2v) is 3.53. The SMILES string of the molecule is Cc1ccc(C(=O)NNC(=O)C(N)=O)cc1[N+](=O)[O-]. The van der Waals surface area contributed by atoms with Gasteiger partial charge in [-0.25, -0.2) is 0 Å². The molecular formula is C10H10N4O5. The maximum atomic E-state index is 11.6. The molecule has 0 heterocycles. The molecular weight excluding hydrogens is 256 g/mol. The van der Waals surface area contributed by atoms with Crippen molar-refractivity contribution in [1.29, 1.82) is 0 Å². The van der Waals surface area contributed by atoms with E-state index in [0.29, 0.717) is 5.56 Å². The van der Waals surface area contributed by atoms with Crippen LogP contribution >= 0.6 is 0 Å². The van der Waals surface area contributed by atoms with E-state index in [1.54, 1.807) is 5.43 Å². The molecule has 4 N–H and O–H groups in total. The summed E-state index contributed by atoms with van der Waals surface area (Å²) in [6.07, 6.45) is 0. The number of carbonyl (C=O) groups is 3. The number of hydrogen-bond donors (Lipinski definition) is 3. The Balaban J connectivity index is 2.83. The van der Waals surface area contributed by atoms with E-state index in [9.17, 15) is 24.5 Å². The number of benzene rings is 1. The van der Waals surface area contributed by atoms with Gasteiger partial charge in [-0.05, 0) is 13.0 Å². The number of nitrogens with two attached hydrogens (primary N) is 1. The zero-order valence-corrected chi connectivity index (χ0v) is 9.80. The highest BCUT2D eigenvalue weighted by atomic mass is 16.6. The largest absolute Gasteiger partial charge is 0.361 e. The smallest absolute Gasteiger partial charge is 0.327 e. The van der Waals surface area contributed by atoms with Crippen LogP contribution in [0.1, 0.15) is 15.9 Å². The molecule has 1 rings (SSSR count). The molecule has 9 nitrogen and oxygen atoms in total. The van der Waals surface area contributed by atoms with Gasteiger partial charge in [-0.1, -0.05) is 6.07 Å². The molecule has 9 heteroatoms. The van der Waals surface area contributed by atoms with Crippen molar-refractivity contribution in [2.24, 2.45) is 5.73 Å². The predicted molar refractivity (Wildman–Crippen MR) is 62.6 cm³/mol. The van der Waals surface area contributed by atoms with E-state index in [0.717, 1.165) is 6.07 Å². The third-order valence-electron chi connectivity index (χ3n) is 2.18. The number of nitro groups is 1. The fourth-order valence-electron chi connectivity index (χ4n) is 1.19. The minimum absolute atomic E-state index is 0.0397. The summed E-state index contributed by atoms with van der Waals surface area (Å²) in [5.41, 5.74) is 8.44. The van der Waals surface area contributed by atoms with Gasteiger partial charge < -0.3 is 5.73 Å². The van der Waals surface area contributed by atoms with Crippen LogP contribution in [0.5, 0.6) is 0 Å². The van der Waals surface area contributed by atoms with Gasteiger partial charge in [0.1, 0.15) is 0 Å². The van der Waals surface area contributed by atoms with Gasteiger partial charge in [-0.3, -0.25) is 35.3 Å². The summed E-state index contributed by atoms with van der Waals surface area (Å²) in [5, 5.41) is 10.7. The lowest BCUT2D eigenvalue weighted by atomic mass is 10.1. The Morgan fingerprint density at radius 2 is 1.89 bits per heavy atom. The number of aryl methyl sites for hydroxylation is 1. The molecule has 0 radical (unpaired) electrons. The second-order valence-electron chi connectivity index (χ2n) is 3.53. The fraction of sp³-hybridized carbons (Fsp3) is 0.100. The van der Waals surface area contributed by atoms with Crippen molar-refractivity contribution >= 4 is 23.4 Å². The first-order valence-corrected chi connectivity index (χ1v) is 4.98. The molecule has 1 aromatic rings. The average Bonchev–Trinajstić information content (AvgIpc) is 2.35. The van der Waals surface area contributed by atoms with E-state index in [2.05, 4.69) is 5.73 Å². The zero-order chi connectivity index (χ0) is 14.6. The summed E-state index contributed by atoms with van der Waals surface area (Å²) in [7, 11) is 0. The fourth-order valence-corrected chi connectivity index (χ4v) is 1.19. The first kappa shape index (κ1) is 14.1. The molecule has 0 bridgehead atoms. The van der Waals surface area contributed by atoms with E-state index in [4.69, 9.17) is 0 Å². The number of hydrogen-bond acceptors (Lipinski definition) is 5. The zero-order valence-electron chi connectivity index (χ0n) is 9.80. The van der Waals surface area contributed by atoms with Crippen LogP contribution in [0, 0.1) is 17.0 Å². The Bertz CT molecular complexity index is 569. The summed E-state index contributed by atoms with van der Waals surface area (Å²) < 4.78 is 0. The summed E-state index contributed by atoms with van der Waals surface area (Å²) in [4.78, 5) is 42.8. The number of rotatable bonds is 2. The summed E-state index contributed by atoms with van der Waals surface area (Å²) in [6, 6.07) is 3.79. The summed E-state index contributed by atoms with van der Waals surface area (Å²) in [5.74, 6) is -3.28. The second kappa shape index (κ2) is 5.58. The highest BCUT2D eigenvalue weighted by molar-refractivity contribution is 6.34. The lowest BCUT2D eigenvalue weighted by molar-refractivity contribution is -0.385. The Morgan fingerprint density at radius 3 is 2.42 bits per heavy atom. The normalized spacial score (nSPS) is 9.53. The molecule has 0 aliphatic heterocycles. The molecule has 0 aliphatic rings. The molecule has 1 aromatic carbocycles. The van der Waals surface area contributed by atoms with Gasteiger partial charge in [0, 0.05) is 17.2 Å². The van der Waals surface area contributed by atoms with Gasteiger partial charge in [-0.15, -0.1) is 0 Å². The van der Waals surface area contributed by atoms with Crippen molar-refractivity contribution in [3.8, 4) is 0 Å². The highest BCUT2D eigenvalue weighted by Gasteiger charge is 2.16. The Labute approximate surface area is 106 Å². The number of nitro benzene ring substituents is 1. The van der Waals surface area contributed by atoms with E-state index < -0.39 is 22.6 Å². The topological polar surface area (TPSA) is 144 Å². The molecule has 0 aromatic heterocycles. The Hall–Kier alpha value is -2.97. The van der Waals surface area contributed by atoms with Gasteiger partial charge in [0.15, 0.2) is 0 Å². The molecule has 0 unspecified atom stereocenters. The molecule has 19 heavy (non-hydrogen) atoms. The Morgan fingerprint density at radius 1 is 1.26 bits per heavy atom. The maximum Gasteiger partial charge on any atom is 0.327 e. The van der Waals surface area contributed by atoms with Gasteiger partial charge in [-0.2, -0.15) is 0 Å². The monoisotopic (exact) mass is 266 g/mol. The minimum atomic E-state index is -1.27. The van der Waals surface area contributed by atoms with E-state index in [1.807, 2.05) is 5.43 Å². The van der Waals surface area contributed by atoms with Gasteiger partial charge >= 0.3 is 11.8 Å². The first-order chi connectivity index (χ1) is 8.82. The molecule has 0 spiro atoms. The van der Waals surface area contributed by atoms with Crippen LogP contribution in [0.3, 0.4) is 0 Å². The van der Waals surface area contributed by atoms with Gasteiger partial charge in [0.25, 0.3) is 11.6 Å². The molecule has 0 saturated carbocycles. The molecule has 0 atom stereocenters. The number of nitrogens with one attached hydrogen (secondary N) is 2. The molecule has 0 saturated heterocycles. The number of nitrogens with zero attached hydrogens (tertiary/aromatic N) is 1. The van der Waals surface area contributed by atoms with Gasteiger partial charge in [0.05, 0.1) is 4.92 Å². The van der Waals surface area contributed by atoms with Crippen molar-refractivity contribution in [1.82, 2.24) is 10.9 Å². The molecule has 100 valence electrons. The maximum absolute atomic E-state index is 11.6. The number of primary amides is 1. The van der Waals surface area contributed by atoms with Crippen molar-refractivity contribution in [2.75, 3.05) is 0 Å². The van der Waals surface area contributed by atoms with E-state index in [-0.39, 0.29) is 11.3 Å². The van der Waals surface area contributed by atoms with Crippen LogP contribution in [0.15, 0.2) is 18.2 Å². The Kier molecular flexibility index (Phi) is 4.14. The van der Waals surface area contributed by atoms with Crippen molar-refractivity contribution in [2.45, 2.75) is 6.92 Å². The molecule has 0 fully saturated rings. The van der Waals surface area contributed by atoms with E-state index in [1.165, 1.54) is 19.1 Å². The van der Waals surface area contributed by atoms with Crippen LogP contribution < -0.4 is 16.6 Å². The third kappa shape index (κ3) is 3.49. The standard InChI is InChI=1S/C10H10N4O5/c1-5-2-3-6(4-7(5)14(18)19)9(16)12-13-10(17)8(11)15/h2-4H,1H3,(H2,11,15)(H,12,16)(H,13,17). The van der Waals surface area contributed by atoms with Gasteiger partial charge in [0.2, 0.25) is 0 Å². The number of carbonyl (C=O) groups excluding carboxylic acids is 3. The lowest BCUT2D eigenvalue weighted by Crippen LogP contribution is -2.47. The first-order valence-electron chi connectivity index (χ1n) is 4.98. The predicted octanol–water partition coefficient (Wildman–Crippen LogP) is -0.850. The van der Waals surface area contributed by atoms with Crippen LogP contribution in [0.25, 0.3) is 0 Å². The highest BCUT2D eigenvalue weighted by Crippen LogP contribution is 2.18. The van der Waals surface area contributed by atoms with E-state index >= 15 is 0 Å². The quantitative estimate of drug-likeness (QED) is 0.362. The summed E-state index contributed by atoms with van der Waals surface area (Å²) in [6.45, 7) is 1.52. The molecule has 0 aliphatic carbocycles. The van der Waals surface area contributed by atoms with Crippen molar-refractivity contribution < 1.29 is 19.3 Å². The minimum Gasteiger partial charge on any atom is -0.361 e. The average molecular weight is 266 g/mol. The number of hydrazine groups is 1. The molecule has 3 amide bonds. The van der Waals surface area contributed by atoms with Crippen LogP contribution in [-0.4, -0.2) is 22.6 Å². The van der Waals surface area contributed by atoms with Crippen molar-refractivity contribution in [3.05, 3.63) is 39.4 Å². The third-order valence-corrected chi connectivity index (χ3v) is 2.18. The van der Waals surface area contributed by atoms with Crippen LogP contribution in [0.2, 0.25) is 0 Å². The summed E-state index contributed by atoms with van der Waals surface area (Å²) >= 11 is 0.